The summed E-state index contributed by atoms with van der Waals surface area (Å²) in [4.78, 5) is 17.8. The lowest BCUT2D eigenvalue weighted by Gasteiger charge is -2.28. The van der Waals surface area contributed by atoms with Crippen molar-refractivity contribution in [2.75, 3.05) is 37.8 Å². The Morgan fingerprint density at radius 1 is 1.30 bits per heavy atom. The molecule has 1 aliphatic rings. The number of hydrogen-bond acceptors (Lipinski definition) is 4. The van der Waals surface area contributed by atoms with Crippen LogP contribution in [0.4, 0.5) is 5.82 Å². The summed E-state index contributed by atoms with van der Waals surface area (Å²) in [5, 5.41) is 0.680. The second kappa shape index (κ2) is 7.06. The van der Waals surface area contributed by atoms with Crippen LogP contribution in [0.1, 0.15) is 17.3 Å². The van der Waals surface area contributed by atoms with Crippen LogP contribution in [0.3, 0.4) is 0 Å². The molecule has 1 aromatic carbocycles. The SMILES string of the molecule is CCOC(=O)c1cc(-c2ccc(Cl)cc2)[nH]c1N1CCOCC1. The van der Waals surface area contributed by atoms with Gasteiger partial charge in [0.2, 0.25) is 0 Å². The van der Waals surface area contributed by atoms with Crippen LogP contribution in [-0.4, -0.2) is 43.9 Å². The van der Waals surface area contributed by atoms with E-state index in [1.807, 2.05) is 30.3 Å². The number of esters is 1. The number of carbonyl (C=O) groups excluding carboxylic acids is 1. The first-order valence-corrected chi connectivity index (χ1v) is 8.05. The van der Waals surface area contributed by atoms with Gasteiger partial charge in [-0.15, -0.1) is 0 Å². The number of aromatic nitrogens is 1. The molecule has 0 bridgehead atoms. The van der Waals surface area contributed by atoms with Gasteiger partial charge in [-0.05, 0) is 30.7 Å². The van der Waals surface area contributed by atoms with E-state index >= 15 is 0 Å². The van der Waals surface area contributed by atoms with Gasteiger partial charge in [0.05, 0.1) is 19.8 Å². The Kier molecular flexibility index (Phi) is 4.88. The van der Waals surface area contributed by atoms with Gasteiger partial charge < -0.3 is 19.4 Å². The Hall–Kier alpha value is -1.98. The lowest BCUT2D eigenvalue weighted by atomic mass is 10.1. The zero-order valence-electron chi connectivity index (χ0n) is 13.0. The lowest BCUT2D eigenvalue weighted by molar-refractivity contribution is 0.0526. The largest absolute Gasteiger partial charge is 0.462 e. The van der Waals surface area contributed by atoms with Gasteiger partial charge in [-0.25, -0.2) is 4.79 Å². The third kappa shape index (κ3) is 3.51. The maximum absolute atomic E-state index is 12.3. The second-order valence-corrected chi connectivity index (χ2v) is 5.71. The van der Waals surface area contributed by atoms with Crippen molar-refractivity contribution in [2.24, 2.45) is 0 Å². The van der Waals surface area contributed by atoms with Crippen molar-refractivity contribution in [3.8, 4) is 11.3 Å². The Labute approximate surface area is 140 Å². The van der Waals surface area contributed by atoms with Crippen LogP contribution in [0.5, 0.6) is 0 Å². The van der Waals surface area contributed by atoms with Gasteiger partial charge in [0.15, 0.2) is 0 Å². The van der Waals surface area contributed by atoms with Crippen LogP contribution in [-0.2, 0) is 9.47 Å². The number of H-pyrrole nitrogens is 1. The number of nitrogens with one attached hydrogen (secondary N) is 1. The number of benzene rings is 1. The molecular weight excluding hydrogens is 316 g/mol. The molecule has 5 nitrogen and oxygen atoms in total. The fourth-order valence-electron chi connectivity index (χ4n) is 2.63. The summed E-state index contributed by atoms with van der Waals surface area (Å²) in [6, 6.07) is 9.34. The van der Waals surface area contributed by atoms with Gasteiger partial charge in [0.25, 0.3) is 0 Å². The highest BCUT2D eigenvalue weighted by atomic mass is 35.5. The number of anilines is 1. The summed E-state index contributed by atoms with van der Waals surface area (Å²) in [5.74, 6) is 0.474. The molecule has 0 amide bonds. The number of nitrogens with zero attached hydrogens (tertiary/aromatic N) is 1. The van der Waals surface area contributed by atoms with E-state index in [-0.39, 0.29) is 5.97 Å². The summed E-state index contributed by atoms with van der Waals surface area (Å²) >= 11 is 5.94. The predicted octanol–water partition coefficient (Wildman–Crippen LogP) is 3.35. The molecule has 0 unspecified atom stereocenters. The molecule has 2 heterocycles. The lowest BCUT2D eigenvalue weighted by Crippen LogP contribution is -2.37. The highest BCUT2D eigenvalue weighted by Crippen LogP contribution is 2.29. The number of carbonyl (C=O) groups is 1. The van der Waals surface area contributed by atoms with Crippen LogP contribution in [0, 0.1) is 0 Å². The third-order valence-corrected chi connectivity index (χ3v) is 4.03. The van der Waals surface area contributed by atoms with Gasteiger partial charge in [-0.3, -0.25) is 0 Å². The molecule has 23 heavy (non-hydrogen) atoms. The fourth-order valence-corrected chi connectivity index (χ4v) is 2.76. The minimum atomic E-state index is -0.314. The van der Waals surface area contributed by atoms with E-state index in [1.54, 1.807) is 6.92 Å². The van der Waals surface area contributed by atoms with Gasteiger partial charge >= 0.3 is 5.97 Å². The topological polar surface area (TPSA) is 54.6 Å². The van der Waals surface area contributed by atoms with E-state index in [0.717, 1.165) is 30.2 Å². The van der Waals surface area contributed by atoms with Gasteiger partial charge in [-0.2, -0.15) is 0 Å². The van der Waals surface area contributed by atoms with Crippen molar-refractivity contribution >= 4 is 23.4 Å². The average Bonchev–Trinajstić information content (AvgIpc) is 3.02. The van der Waals surface area contributed by atoms with Crippen molar-refractivity contribution < 1.29 is 14.3 Å². The molecule has 1 aliphatic heterocycles. The van der Waals surface area contributed by atoms with Crippen molar-refractivity contribution in [1.29, 1.82) is 0 Å². The Bertz CT molecular complexity index is 676. The second-order valence-electron chi connectivity index (χ2n) is 5.27. The maximum Gasteiger partial charge on any atom is 0.341 e. The van der Waals surface area contributed by atoms with Crippen LogP contribution in [0.15, 0.2) is 30.3 Å². The summed E-state index contributed by atoms with van der Waals surface area (Å²) < 4.78 is 10.6. The smallest absolute Gasteiger partial charge is 0.341 e. The van der Waals surface area contributed by atoms with Crippen molar-refractivity contribution in [1.82, 2.24) is 4.98 Å². The number of morpholine rings is 1. The summed E-state index contributed by atoms with van der Waals surface area (Å²) in [5.41, 5.74) is 2.39. The van der Waals surface area contributed by atoms with Crippen molar-refractivity contribution in [3.05, 3.63) is 40.9 Å². The molecule has 122 valence electrons. The molecule has 1 aromatic heterocycles. The molecule has 6 heteroatoms. The first kappa shape index (κ1) is 15.9. The molecule has 0 saturated carbocycles. The van der Waals surface area contributed by atoms with Crippen LogP contribution >= 0.6 is 11.6 Å². The zero-order chi connectivity index (χ0) is 16.2. The maximum atomic E-state index is 12.3. The van der Waals surface area contributed by atoms with Crippen LogP contribution in [0.2, 0.25) is 5.02 Å². The number of rotatable bonds is 4. The molecule has 2 aromatic rings. The normalized spacial score (nSPS) is 14.8. The number of aromatic amines is 1. The molecule has 0 aliphatic carbocycles. The highest BCUT2D eigenvalue weighted by molar-refractivity contribution is 6.30. The van der Waals surface area contributed by atoms with Crippen LogP contribution in [0.25, 0.3) is 11.3 Å². The van der Waals surface area contributed by atoms with E-state index in [0.29, 0.717) is 30.4 Å². The molecular formula is C17H19ClN2O3. The predicted molar refractivity (Wildman–Crippen MR) is 90.2 cm³/mol. The fraction of sp³-hybridized carbons (Fsp3) is 0.353. The highest BCUT2D eigenvalue weighted by Gasteiger charge is 2.23. The average molecular weight is 335 g/mol. The van der Waals surface area contributed by atoms with E-state index < -0.39 is 0 Å². The molecule has 0 radical (unpaired) electrons. The number of ether oxygens (including phenoxy) is 2. The molecule has 3 rings (SSSR count). The molecule has 1 saturated heterocycles. The standard InChI is InChI=1S/C17H19ClN2O3/c1-2-23-17(21)14-11-15(12-3-5-13(18)6-4-12)19-16(14)20-7-9-22-10-8-20/h3-6,11,19H,2,7-10H2,1H3. The minimum absolute atomic E-state index is 0.314. The molecule has 0 atom stereocenters. The van der Waals surface area contributed by atoms with Crippen LogP contribution < -0.4 is 4.90 Å². The van der Waals surface area contributed by atoms with E-state index in [1.165, 1.54) is 0 Å². The quantitative estimate of drug-likeness (QED) is 0.871. The molecule has 1 N–H and O–H groups in total. The van der Waals surface area contributed by atoms with E-state index in [2.05, 4.69) is 9.88 Å². The third-order valence-electron chi connectivity index (χ3n) is 3.77. The van der Waals surface area contributed by atoms with E-state index in [4.69, 9.17) is 21.1 Å². The zero-order valence-corrected chi connectivity index (χ0v) is 13.7. The van der Waals surface area contributed by atoms with Gasteiger partial charge in [0.1, 0.15) is 11.4 Å². The summed E-state index contributed by atoms with van der Waals surface area (Å²) in [6.07, 6.45) is 0. The Morgan fingerprint density at radius 2 is 2.00 bits per heavy atom. The first-order chi connectivity index (χ1) is 11.2. The summed E-state index contributed by atoms with van der Waals surface area (Å²) in [6.45, 7) is 4.94. The Morgan fingerprint density at radius 3 is 2.65 bits per heavy atom. The minimum Gasteiger partial charge on any atom is -0.462 e. The van der Waals surface area contributed by atoms with Gasteiger partial charge in [-0.1, -0.05) is 23.7 Å². The Balaban J connectivity index is 1.98. The summed E-state index contributed by atoms with van der Waals surface area (Å²) in [7, 11) is 0. The van der Waals surface area contributed by atoms with Gasteiger partial charge in [0, 0.05) is 23.8 Å². The first-order valence-electron chi connectivity index (χ1n) is 7.68. The van der Waals surface area contributed by atoms with Crippen molar-refractivity contribution in [3.63, 3.8) is 0 Å². The number of halogens is 1. The van der Waals surface area contributed by atoms with E-state index in [9.17, 15) is 4.79 Å². The molecule has 0 spiro atoms. The molecule has 1 fully saturated rings. The monoisotopic (exact) mass is 334 g/mol. The van der Waals surface area contributed by atoms with Crippen molar-refractivity contribution in [2.45, 2.75) is 6.92 Å². The number of hydrogen-bond donors (Lipinski definition) is 1.